The molecule has 0 heterocycles. The third-order valence-electron chi connectivity index (χ3n) is 5.35. The predicted molar refractivity (Wildman–Crippen MR) is 154 cm³/mol. The fraction of sp³-hybridized carbons (Fsp3) is 0.0714. The first-order chi connectivity index (χ1) is 17.0. The molecular weight excluding hydrogens is 666 g/mol. The standard InChI is InChI=1S/C28H22I2N2O3/c29-24-14-11-20(12-15-24)19-35-26-16-13-21(17-25(26)30)18-31-32-27(33)28(34,22-7-3-1-4-8-22)23-9-5-2-6-10-23/h1-18,34H,19H2,(H,32,33)/b31-18+. The summed E-state index contributed by atoms with van der Waals surface area (Å²) in [6.07, 6.45) is 1.54. The van der Waals surface area contributed by atoms with Gasteiger partial charge in [-0.2, -0.15) is 5.10 Å². The Kier molecular flexibility index (Phi) is 8.53. The van der Waals surface area contributed by atoms with Gasteiger partial charge in [0.1, 0.15) is 12.4 Å². The van der Waals surface area contributed by atoms with Crippen molar-refractivity contribution in [1.29, 1.82) is 0 Å². The second-order valence-electron chi connectivity index (χ2n) is 7.75. The molecule has 0 saturated carbocycles. The van der Waals surface area contributed by atoms with E-state index in [1.165, 1.54) is 3.57 Å². The molecule has 0 radical (unpaired) electrons. The fourth-order valence-electron chi connectivity index (χ4n) is 3.49. The van der Waals surface area contributed by atoms with E-state index < -0.39 is 11.5 Å². The molecular formula is C28H22I2N2O3. The molecule has 0 saturated heterocycles. The summed E-state index contributed by atoms with van der Waals surface area (Å²) >= 11 is 4.49. The number of ether oxygens (including phenoxy) is 1. The van der Waals surface area contributed by atoms with Gasteiger partial charge in [-0.05, 0) is 97.8 Å². The largest absolute Gasteiger partial charge is 0.488 e. The Labute approximate surface area is 231 Å². The molecule has 0 aliphatic heterocycles. The Morgan fingerprint density at radius 3 is 2.06 bits per heavy atom. The number of nitrogens with one attached hydrogen (secondary N) is 1. The minimum atomic E-state index is -1.87. The van der Waals surface area contributed by atoms with E-state index in [1.807, 2.05) is 42.5 Å². The zero-order chi connectivity index (χ0) is 24.7. The molecule has 0 aliphatic rings. The third kappa shape index (κ3) is 6.28. The van der Waals surface area contributed by atoms with Gasteiger partial charge in [0, 0.05) is 3.57 Å². The summed E-state index contributed by atoms with van der Waals surface area (Å²) in [6, 6.07) is 31.5. The SMILES string of the molecule is O=C(N/N=C/c1ccc(OCc2ccc(I)cc2)c(I)c1)C(O)(c1ccccc1)c1ccccc1. The second-order valence-corrected chi connectivity index (χ2v) is 10.2. The van der Waals surface area contributed by atoms with Crippen molar-refractivity contribution in [2.24, 2.45) is 5.10 Å². The molecule has 2 N–H and O–H groups in total. The highest BCUT2D eigenvalue weighted by Gasteiger charge is 2.39. The van der Waals surface area contributed by atoms with Crippen LogP contribution < -0.4 is 10.2 Å². The average Bonchev–Trinajstić information content (AvgIpc) is 2.89. The molecule has 0 aromatic heterocycles. The van der Waals surface area contributed by atoms with E-state index in [9.17, 15) is 9.90 Å². The zero-order valence-corrected chi connectivity index (χ0v) is 22.9. The first kappa shape index (κ1) is 25.3. The monoisotopic (exact) mass is 688 g/mol. The van der Waals surface area contributed by atoms with Crippen molar-refractivity contribution < 1.29 is 14.6 Å². The summed E-state index contributed by atoms with van der Waals surface area (Å²) in [5.41, 5.74) is 3.44. The molecule has 0 atom stereocenters. The number of carbonyl (C=O) groups excluding carboxylic acids is 1. The topological polar surface area (TPSA) is 70.9 Å². The minimum Gasteiger partial charge on any atom is -0.488 e. The predicted octanol–water partition coefficient (Wildman–Crippen LogP) is 5.86. The maximum atomic E-state index is 13.1. The Morgan fingerprint density at radius 2 is 1.49 bits per heavy atom. The van der Waals surface area contributed by atoms with Crippen molar-refractivity contribution in [3.8, 4) is 5.75 Å². The number of carbonyl (C=O) groups is 1. The minimum absolute atomic E-state index is 0.461. The van der Waals surface area contributed by atoms with Gasteiger partial charge in [0.25, 0.3) is 5.91 Å². The van der Waals surface area contributed by atoms with Crippen LogP contribution in [0.15, 0.2) is 108 Å². The Hall–Kier alpha value is -2.76. The van der Waals surface area contributed by atoms with Crippen LogP contribution in [0.3, 0.4) is 0 Å². The van der Waals surface area contributed by atoms with Crippen molar-refractivity contribution in [2.75, 3.05) is 0 Å². The highest BCUT2D eigenvalue weighted by Crippen LogP contribution is 2.30. The third-order valence-corrected chi connectivity index (χ3v) is 6.92. The van der Waals surface area contributed by atoms with E-state index in [0.717, 1.165) is 20.4 Å². The number of aliphatic hydroxyl groups is 1. The number of amides is 1. The van der Waals surface area contributed by atoms with Gasteiger partial charge in [-0.1, -0.05) is 72.8 Å². The van der Waals surface area contributed by atoms with Gasteiger partial charge in [-0.15, -0.1) is 0 Å². The van der Waals surface area contributed by atoms with Crippen LogP contribution in [-0.4, -0.2) is 17.2 Å². The van der Waals surface area contributed by atoms with Crippen molar-refractivity contribution in [2.45, 2.75) is 12.2 Å². The maximum Gasteiger partial charge on any atom is 0.281 e. The summed E-state index contributed by atoms with van der Waals surface area (Å²) in [5, 5.41) is 15.6. The number of hydrogen-bond acceptors (Lipinski definition) is 4. The summed E-state index contributed by atoms with van der Waals surface area (Å²) < 4.78 is 8.05. The van der Waals surface area contributed by atoms with Crippen molar-refractivity contribution in [1.82, 2.24) is 5.43 Å². The van der Waals surface area contributed by atoms with Gasteiger partial charge in [0.2, 0.25) is 0 Å². The smallest absolute Gasteiger partial charge is 0.281 e. The lowest BCUT2D eigenvalue weighted by Gasteiger charge is -2.27. The lowest BCUT2D eigenvalue weighted by Crippen LogP contribution is -2.43. The number of hydrogen-bond donors (Lipinski definition) is 2. The van der Waals surface area contributed by atoms with Crippen LogP contribution in [0.1, 0.15) is 22.3 Å². The van der Waals surface area contributed by atoms with Gasteiger partial charge in [0.15, 0.2) is 5.60 Å². The van der Waals surface area contributed by atoms with Crippen molar-refractivity contribution in [3.63, 3.8) is 0 Å². The lowest BCUT2D eigenvalue weighted by molar-refractivity contribution is -0.136. The summed E-state index contributed by atoms with van der Waals surface area (Å²) in [5.74, 6) is 0.131. The van der Waals surface area contributed by atoms with Gasteiger partial charge >= 0.3 is 0 Å². The number of benzene rings is 4. The highest BCUT2D eigenvalue weighted by atomic mass is 127. The van der Waals surface area contributed by atoms with E-state index in [4.69, 9.17) is 4.74 Å². The molecule has 0 bridgehead atoms. The van der Waals surface area contributed by atoms with E-state index >= 15 is 0 Å². The molecule has 4 aromatic rings. The van der Waals surface area contributed by atoms with E-state index in [2.05, 4.69) is 67.8 Å². The van der Waals surface area contributed by atoms with Crippen LogP contribution >= 0.6 is 45.2 Å². The molecule has 0 spiro atoms. The first-order valence-electron chi connectivity index (χ1n) is 10.8. The van der Waals surface area contributed by atoms with E-state index in [1.54, 1.807) is 54.7 Å². The number of nitrogens with zero attached hydrogens (tertiary/aromatic N) is 1. The molecule has 1 amide bonds. The van der Waals surface area contributed by atoms with Crippen LogP contribution in [-0.2, 0) is 17.0 Å². The Morgan fingerprint density at radius 1 is 0.886 bits per heavy atom. The number of hydrazone groups is 1. The van der Waals surface area contributed by atoms with Gasteiger partial charge < -0.3 is 9.84 Å². The Bertz CT molecular complexity index is 1270. The van der Waals surface area contributed by atoms with Crippen molar-refractivity contribution in [3.05, 3.63) is 133 Å². The summed E-state index contributed by atoms with van der Waals surface area (Å²) in [4.78, 5) is 13.1. The molecule has 176 valence electrons. The molecule has 7 heteroatoms. The highest BCUT2D eigenvalue weighted by molar-refractivity contribution is 14.1. The van der Waals surface area contributed by atoms with Crippen molar-refractivity contribution >= 4 is 57.3 Å². The first-order valence-corrected chi connectivity index (χ1v) is 13.0. The van der Waals surface area contributed by atoms with Gasteiger partial charge in [0.05, 0.1) is 9.78 Å². The Balaban J connectivity index is 1.45. The number of halogens is 2. The molecule has 0 aliphatic carbocycles. The molecule has 35 heavy (non-hydrogen) atoms. The number of rotatable bonds is 8. The maximum absolute atomic E-state index is 13.1. The molecule has 4 rings (SSSR count). The summed E-state index contributed by atoms with van der Waals surface area (Å²) in [6.45, 7) is 0.480. The molecule has 4 aromatic carbocycles. The second kappa shape index (κ2) is 11.8. The molecule has 5 nitrogen and oxygen atoms in total. The van der Waals surface area contributed by atoms with Crippen LogP contribution in [0.4, 0.5) is 0 Å². The quantitative estimate of drug-likeness (QED) is 0.139. The van der Waals surface area contributed by atoms with Gasteiger partial charge in [-0.3, -0.25) is 4.79 Å². The van der Waals surface area contributed by atoms with Crippen LogP contribution in [0.2, 0.25) is 0 Å². The molecule has 0 unspecified atom stereocenters. The summed E-state index contributed by atoms with van der Waals surface area (Å²) in [7, 11) is 0. The van der Waals surface area contributed by atoms with Crippen LogP contribution in [0.25, 0.3) is 0 Å². The van der Waals surface area contributed by atoms with E-state index in [-0.39, 0.29) is 0 Å². The normalized spacial score (nSPS) is 11.4. The average molecular weight is 688 g/mol. The molecule has 0 fully saturated rings. The van der Waals surface area contributed by atoms with Crippen LogP contribution in [0, 0.1) is 7.14 Å². The zero-order valence-electron chi connectivity index (χ0n) is 18.6. The van der Waals surface area contributed by atoms with Gasteiger partial charge in [-0.25, -0.2) is 5.43 Å². The fourth-order valence-corrected chi connectivity index (χ4v) is 4.54. The van der Waals surface area contributed by atoms with E-state index in [0.29, 0.717) is 17.7 Å². The van der Waals surface area contributed by atoms with Crippen LogP contribution in [0.5, 0.6) is 5.75 Å². The lowest BCUT2D eigenvalue weighted by atomic mass is 9.85.